The molecular formula is C15H28N2O6. The molecule has 0 aromatic rings. The third-order valence-electron chi connectivity index (χ3n) is 3.44. The Morgan fingerprint density at radius 3 is 1.83 bits per heavy atom. The first kappa shape index (κ1) is 21.2. The third kappa shape index (κ3) is 6.85. The standard InChI is InChI=1S/C15H28N2O6/c1-8(18)10(11(19)20)17-12(21)15(6,7)9(2)16-13(22)23-14(3,4)5/h8-10,18H,1-7H3,(H,16,22)(H,17,21)(H,19,20). The van der Waals surface area contributed by atoms with Crippen molar-refractivity contribution < 1.29 is 29.3 Å². The van der Waals surface area contributed by atoms with E-state index in [0.717, 1.165) is 0 Å². The molecule has 0 radical (unpaired) electrons. The lowest BCUT2D eigenvalue weighted by atomic mass is 9.84. The van der Waals surface area contributed by atoms with Crippen molar-refractivity contribution >= 4 is 18.0 Å². The van der Waals surface area contributed by atoms with Crippen molar-refractivity contribution in [3.05, 3.63) is 0 Å². The molecule has 8 nitrogen and oxygen atoms in total. The summed E-state index contributed by atoms with van der Waals surface area (Å²) >= 11 is 0. The first-order valence-electron chi connectivity index (χ1n) is 7.40. The lowest BCUT2D eigenvalue weighted by molar-refractivity contribution is -0.146. The van der Waals surface area contributed by atoms with E-state index in [0.29, 0.717) is 0 Å². The SMILES string of the molecule is CC(O)C(NC(=O)C(C)(C)C(C)NC(=O)OC(C)(C)C)C(=O)O. The van der Waals surface area contributed by atoms with Crippen LogP contribution < -0.4 is 10.6 Å². The van der Waals surface area contributed by atoms with Crippen LogP contribution in [0.1, 0.15) is 48.5 Å². The number of carboxylic acids is 1. The summed E-state index contributed by atoms with van der Waals surface area (Å²) in [5, 5.41) is 23.3. The smallest absolute Gasteiger partial charge is 0.407 e. The van der Waals surface area contributed by atoms with Gasteiger partial charge in [-0.25, -0.2) is 9.59 Å². The van der Waals surface area contributed by atoms with E-state index in [1.807, 2.05) is 0 Å². The quantitative estimate of drug-likeness (QED) is 0.572. The molecule has 0 fully saturated rings. The summed E-state index contributed by atoms with van der Waals surface area (Å²) in [5.74, 6) is -1.94. The number of carboxylic acid groups (broad SMARTS) is 1. The van der Waals surface area contributed by atoms with Gasteiger partial charge in [0.2, 0.25) is 5.91 Å². The van der Waals surface area contributed by atoms with Gasteiger partial charge >= 0.3 is 12.1 Å². The number of aliphatic carboxylic acids is 1. The fraction of sp³-hybridized carbons (Fsp3) is 0.800. The average molecular weight is 332 g/mol. The maximum Gasteiger partial charge on any atom is 0.407 e. The Labute approximate surface area is 136 Å². The number of hydrogen-bond acceptors (Lipinski definition) is 5. The Bertz CT molecular complexity index is 453. The molecule has 2 amide bonds. The van der Waals surface area contributed by atoms with Crippen molar-refractivity contribution in [2.75, 3.05) is 0 Å². The maximum absolute atomic E-state index is 12.3. The highest BCUT2D eigenvalue weighted by atomic mass is 16.6. The van der Waals surface area contributed by atoms with Gasteiger partial charge < -0.3 is 25.6 Å². The van der Waals surface area contributed by atoms with Gasteiger partial charge in [0.25, 0.3) is 0 Å². The largest absolute Gasteiger partial charge is 0.480 e. The third-order valence-corrected chi connectivity index (χ3v) is 3.44. The Morgan fingerprint density at radius 1 is 1.00 bits per heavy atom. The van der Waals surface area contributed by atoms with E-state index < -0.39 is 47.2 Å². The van der Waals surface area contributed by atoms with Crippen molar-refractivity contribution in [3.63, 3.8) is 0 Å². The molecule has 4 N–H and O–H groups in total. The number of aliphatic hydroxyl groups excluding tert-OH is 1. The first-order chi connectivity index (χ1) is 10.2. The number of rotatable bonds is 6. The molecule has 0 spiro atoms. The molecule has 0 aliphatic heterocycles. The highest BCUT2D eigenvalue weighted by molar-refractivity contribution is 5.88. The van der Waals surface area contributed by atoms with Crippen molar-refractivity contribution in [2.45, 2.75) is 72.3 Å². The summed E-state index contributed by atoms with van der Waals surface area (Å²) in [6, 6.07) is -2.05. The molecule has 0 bridgehead atoms. The number of aliphatic hydroxyl groups is 1. The fourth-order valence-electron chi connectivity index (χ4n) is 1.58. The molecule has 3 atom stereocenters. The van der Waals surface area contributed by atoms with Crippen LogP contribution >= 0.6 is 0 Å². The lowest BCUT2D eigenvalue weighted by Crippen LogP contribution is -2.56. The molecule has 0 heterocycles. The summed E-state index contributed by atoms with van der Waals surface area (Å²) in [6.45, 7) is 11.2. The van der Waals surface area contributed by atoms with Gasteiger partial charge in [-0.2, -0.15) is 0 Å². The topological polar surface area (TPSA) is 125 Å². The van der Waals surface area contributed by atoms with Gasteiger partial charge in [0.15, 0.2) is 6.04 Å². The second-order valence-corrected chi connectivity index (χ2v) is 7.12. The number of carbonyl (C=O) groups excluding carboxylic acids is 2. The van der Waals surface area contributed by atoms with Gasteiger partial charge in [0.05, 0.1) is 11.5 Å². The maximum atomic E-state index is 12.3. The molecule has 0 aromatic heterocycles. The minimum absolute atomic E-state index is 0.602. The van der Waals surface area contributed by atoms with Gasteiger partial charge in [-0.1, -0.05) is 0 Å². The van der Waals surface area contributed by atoms with E-state index in [4.69, 9.17) is 9.84 Å². The van der Waals surface area contributed by atoms with Crippen LogP contribution in [0.3, 0.4) is 0 Å². The Balaban J connectivity index is 4.91. The number of ether oxygens (including phenoxy) is 1. The Hall–Kier alpha value is -1.83. The van der Waals surface area contributed by atoms with Crippen LogP contribution in [-0.4, -0.2) is 52.0 Å². The van der Waals surface area contributed by atoms with Crippen LogP contribution in [-0.2, 0) is 14.3 Å². The zero-order valence-electron chi connectivity index (χ0n) is 14.8. The van der Waals surface area contributed by atoms with Gasteiger partial charge in [0.1, 0.15) is 5.60 Å². The van der Waals surface area contributed by atoms with E-state index in [-0.39, 0.29) is 0 Å². The first-order valence-corrected chi connectivity index (χ1v) is 7.40. The zero-order valence-corrected chi connectivity index (χ0v) is 14.8. The summed E-state index contributed by atoms with van der Waals surface area (Å²) < 4.78 is 5.12. The lowest BCUT2D eigenvalue weighted by Gasteiger charge is -2.33. The van der Waals surface area contributed by atoms with E-state index in [2.05, 4.69) is 10.6 Å². The molecule has 0 saturated carbocycles. The van der Waals surface area contributed by atoms with E-state index in [1.54, 1.807) is 41.5 Å². The van der Waals surface area contributed by atoms with Crippen LogP contribution in [0.15, 0.2) is 0 Å². The van der Waals surface area contributed by atoms with Crippen molar-refractivity contribution in [3.8, 4) is 0 Å². The van der Waals surface area contributed by atoms with Crippen LogP contribution in [0.4, 0.5) is 4.79 Å². The average Bonchev–Trinajstić information content (AvgIpc) is 2.31. The molecule has 0 rings (SSSR count). The van der Waals surface area contributed by atoms with Crippen molar-refractivity contribution in [1.82, 2.24) is 10.6 Å². The second-order valence-electron chi connectivity index (χ2n) is 7.12. The molecule has 8 heteroatoms. The van der Waals surface area contributed by atoms with Crippen LogP contribution in [0, 0.1) is 5.41 Å². The molecular weight excluding hydrogens is 304 g/mol. The predicted octanol–water partition coefficient (Wildman–Crippen LogP) is 0.876. The van der Waals surface area contributed by atoms with Crippen LogP contribution in [0.2, 0.25) is 0 Å². The van der Waals surface area contributed by atoms with E-state index >= 15 is 0 Å². The Morgan fingerprint density at radius 2 is 1.48 bits per heavy atom. The number of carbonyl (C=O) groups is 3. The number of alkyl carbamates (subject to hydrolysis) is 1. The molecule has 0 aliphatic carbocycles. The predicted molar refractivity (Wildman–Crippen MR) is 83.9 cm³/mol. The summed E-state index contributed by atoms with van der Waals surface area (Å²) in [5.41, 5.74) is -1.78. The summed E-state index contributed by atoms with van der Waals surface area (Å²) in [6.07, 6.45) is -1.92. The molecule has 0 aliphatic rings. The minimum Gasteiger partial charge on any atom is -0.480 e. The van der Waals surface area contributed by atoms with Gasteiger partial charge in [-0.05, 0) is 48.5 Å². The van der Waals surface area contributed by atoms with Gasteiger partial charge in [-0.3, -0.25) is 4.79 Å². The van der Waals surface area contributed by atoms with Crippen molar-refractivity contribution in [2.24, 2.45) is 5.41 Å². The normalized spacial score (nSPS) is 16.0. The number of nitrogens with one attached hydrogen (secondary N) is 2. The zero-order chi connectivity index (χ0) is 18.6. The Kier molecular flexibility index (Phi) is 7.02. The summed E-state index contributed by atoms with van der Waals surface area (Å²) in [7, 11) is 0. The van der Waals surface area contributed by atoms with Crippen LogP contribution in [0.5, 0.6) is 0 Å². The highest BCUT2D eigenvalue weighted by Crippen LogP contribution is 2.22. The number of amides is 2. The second kappa shape index (κ2) is 7.63. The molecule has 134 valence electrons. The molecule has 0 aromatic carbocycles. The fourth-order valence-corrected chi connectivity index (χ4v) is 1.58. The molecule has 23 heavy (non-hydrogen) atoms. The van der Waals surface area contributed by atoms with Crippen LogP contribution in [0.25, 0.3) is 0 Å². The monoisotopic (exact) mass is 332 g/mol. The van der Waals surface area contributed by atoms with Gasteiger partial charge in [-0.15, -0.1) is 0 Å². The highest BCUT2D eigenvalue weighted by Gasteiger charge is 2.38. The number of hydrogen-bond donors (Lipinski definition) is 4. The van der Waals surface area contributed by atoms with Crippen molar-refractivity contribution in [1.29, 1.82) is 0 Å². The molecule has 0 saturated heterocycles. The minimum atomic E-state index is -1.42. The molecule has 3 unspecified atom stereocenters. The van der Waals surface area contributed by atoms with Gasteiger partial charge in [0, 0.05) is 6.04 Å². The van der Waals surface area contributed by atoms with E-state index in [1.165, 1.54) is 6.92 Å². The van der Waals surface area contributed by atoms with E-state index in [9.17, 15) is 19.5 Å². The summed E-state index contributed by atoms with van der Waals surface area (Å²) in [4.78, 5) is 35.1.